The third-order valence-electron chi connectivity index (χ3n) is 3.22. The van der Waals surface area contributed by atoms with Crippen LogP contribution < -0.4 is 15.4 Å². The maximum Gasteiger partial charge on any atom is 0.440 e. The molecule has 1 aromatic heterocycles. The van der Waals surface area contributed by atoms with E-state index in [0.29, 0.717) is 11.8 Å². The van der Waals surface area contributed by atoms with Gasteiger partial charge in [0.05, 0.1) is 12.4 Å². The van der Waals surface area contributed by atoms with Gasteiger partial charge in [0.2, 0.25) is 5.69 Å². The van der Waals surface area contributed by atoms with Crippen LogP contribution in [0.5, 0.6) is 5.88 Å². The Kier molecular flexibility index (Phi) is 2.79. The maximum absolute atomic E-state index is 12.1. The summed E-state index contributed by atoms with van der Waals surface area (Å²) in [5, 5.41) is 12.1. The molecule has 2 aliphatic heterocycles. The van der Waals surface area contributed by atoms with Crippen molar-refractivity contribution in [2.45, 2.75) is 0 Å². The molecule has 106 valence electrons. The van der Waals surface area contributed by atoms with E-state index < -0.39 is 11.6 Å². The highest BCUT2D eigenvalue weighted by molar-refractivity contribution is 5.73. The van der Waals surface area contributed by atoms with Crippen molar-refractivity contribution < 1.29 is 14.5 Å². The molecule has 3 rings (SSSR count). The summed E-state index contributed by atoms with van der Waals surface area (Å²) < 4.78 is 3.76. The molecule has 0 unspecified atom stereocenters. The summed E-state index contributed by atoms with van der Waals surface area (Å²) in [4.78, 5) is 31.0. The Bertz CT molecular complexity index is 880. The van der Waals surface area contributed by atoms with Gasteiger partial charge in [-0.05, 0) is 17.1 Å². The van der Waals surface area contributed by atoms with Gasteiger partial charge in [-0.3, -0.25) is 9.36 Å². The Morgan fingerprint density at radius 2 is 2.05 bits per heavy atom. The average molecular weight is 285 g/mol. The van der Waals surface area contributed by atoms with Gasteiger partial charge in [0.15, 0.2) is 6.29 Å². The first-order chi connectivity index (χ1) is 10.0. The molecule has 0 radical (unpaired) electrons. The number of nitrogens with zero attached hydrogens (tertiary/aromatic N) is 5. The van der Waals surface area contributed by atoms with Crippen LogP contribution in [-0.4, -0.2) is 25.4 Å². The number of carbonyl (C=O) groups excluding carboxylic acids is 1. The number of carbonyl (C=O) groups is 1. The molecule has 0 saturated carbocycles. The average Bonchev–Trinajstić information content (AvgIpc) is 2.96. The molecular weight excluding hydrogens is 274 g/mol. The Hall–Kier alpha value is -3.03. The third kappa shape index (κ3) is 1.88. The normalized spacial score (nSPS) is 11.0. The van der Waals surface area contributed by atoms with Crippen molar-refractivity contribution in [3.05, 3.63) is 40.6 Å². The van der Waals surface area contributed by atoms with Crippen LogP contribution in [0, 0.1) is 0 Å². The summed E-state index contributed by atoms with van der Waals surface area (Å²) in [6.07, 6.45) is 3.90. The number of fused-ring (bicyclic) bond motifs is 1. The molecule has 0 spiro atoms. The summed E-state index contributed by atoms with van der Waals surface area (Å²) >= 11 is 0. The highest BCUT2D eigenvalue weighted by Gasteiger charge is 2.27. The predicted octanol–water partition coefficient (Wildman–Crippen LogP) is -1.22. The first-order valence-electron chi connectivity index (χ1n) is 6.10. The minimum Gasteiger partial charge on any atom is -0.857 e. The number of pyridine rings is 1. The maximum atomic E-state index is 12.1. The minimum atomic E-state index is -0.501. The molecule has 0 bridgehead atoms. The zero-order chi connectivity index (χ0) is 15.1. The summed E-state index contributed by atoms with van der Waals surface area (Å²) in [6, 6.07) is 3.31. The molecule has 0 fully saturated rings. The number of rotatable bonds is 2. The van der Waals surface area contributed by atoms with E-state index in [-0.39, 0.29) is 17.5 Å². The quantitative estimate of drug-likeness (QED) is 0.434. The lowest BCUT2D eigenvalue weighted by Crippen LogP contribution is -2.32. The van der Waals surface area contributed by atoms with Gasteiger partial charge in [-0.2, -0.15) is 0 Å². The van der Waals surface area contributed by atoms with Crippen LogP contribution >= 0.6 is 0 Å². The van der Waals surface area contributed by atoms with E-state index in [2.05, 4.69) is 9.97 Å². The zero-order valence-corrected chi connectivity index (χ0v) is 11.3. The van der Waals surface area contributed by atoms with E-state index in [0.717, 1.165) is 4.57 Å². The number of imidazole rings is 1. The molecule has 0 N–H and O–H groups in total. The largest absolute Gasteiger partial charge is 0.857 e. The van der Waals surface area contributed by atoms with Crippen molar-refractivity contribution in [1.82, 2.24) is 19.1 Å². The molecule has 0 saturated heterocycles. The topological polar surface area (TPSA) is 96.7 Å². The van der Waals surface area contributed by atoms with Gasteiger partial charge in [-0.1, -0.05) is 4.98 Å². The fourth-order valence-corrected chi connectivity index (χ4v) is 2.06. The standard InChI is InChI=1S/C13H11N5O3/c1-16-10-9(11(20)17(2)13(16)21)14-12(15-10)18-5-3-4-8(6-18)7-19/h3-7H,1-2H3. The smallest absolute Gasteiger partial charge is 0.440 e. The molecule has 3 heterocycles. The van der Waals surface area contributed by atoms with Crippen LogP contribution in [0.3, 0.4) is 0 Å². The molecule has 0 amide bonds. The third-order valence-corrected chi connectivity index (χ3v) is 3.22. The minimum absolute atomic E-state index is 0.110. The molecule has 8 heteroatoms. The van der Waals surface area contributed by atoms with Crippen molar-refractivity contribution >= 4 is 6.29 Å². The van der Waals surface area contributed by atoms with Gasteiger partial charge in [-0.25, -0.2) is 9.36 Å². The van der Waals surface area contributed by atoms with Gasteiger partial charge in [0, 0.05) is 25.5 Å². The number of hydrogen-bond acceptors (Lipinski definition) is 5. The predicted molar refractivity (Wildman–Crippen MR) is 69.2 cm³/mol. The Morgan fingerprint density at radius 3 is 2.76 bits per heavy atom. The first kappa shape index (κ1) is 13.0. The van der Waals surface area contributed by atoms with Crippen LogP contribution in [0.25, 0.3) is 17.5 Å². The fourth-order valence-electron chi connectivity index (χ4n) is 2.06. The molecule has 0 aromatic carbocycles. The van der Waals surface area contributed by atoms with E-state index >= 15 is 0 Å². The summed E-state index contributed by atoms with van der Waals surface area (Å²) in [5.41, 5.74) is 0.0948. The molecular formula is C13H11N5O3. The molecule has 1 aromatic rings. The van der Waals surface area contributed by atoms with Crippen molar-refractivity contribution in [3.63, 3.8) is 0 Å². The van der Waals surface area contributed by atoms with Crippen LogP contribution in [0.1, 0.15) is 10.4 Å². The SMILES string of the molecule is Cn1c2nc(-[n+]3cccc(C=O)c3)nc-2c([O-])n(C)c1=O. The molecule has 0 atom stereocenters. The van der Waals surface area contributed by atoms with E-state index in [1.807, 2.05) is 0 Å². The van der Waals surface area contributed by atoms with Gasteiger partial charge in [-0.15, -0.1) is 0 Å². The second-order valence-corrected chi connectivity index (χ2v) is 4.56. The monoisotopic (exact) mass is 285 g/mol. The van der Waals surface area contributed by atoms with Crippen molar-refractivity contribution in [1.29, 1.82) is 0 Å². The molecule has 2 aliphatic rings. The lowest BCUT2D eigenvalue weighted by atomic mass is 10.3. The molecule has 21 heavy (non-hydrogen) atoms. The van der Waals surface area contributed by atoms with Gasteiger partial charge < -0.3 is 9.67 Å². The Balaban J connectivity index is 2.29. The highest BCUT2D eigenvalue weighted by atomic mass is 16.3. The summed E-state index contributed by atoms with van der Waals surface area (Å²) in [5.74, 6) is -0.0619. The summed E-state index contributed by atoms with van der Waals surface area (Å²) in [6.45, 7) is 0. The fraction of sp³-hybridized carbons (Fsp3) is 0.154. The lowest BCUT2D eigenvalue weighted by Gasteiger charge is -2.14. The zero-order valence-electron chi connectivity index (χ0n) is 11.3. The first-order valence-corrected chi connectivity index (χ1v) is 6.10. The van der Waals surface area contributed by atoms with Crippen LogP contribution in [0.15, 0.2) is 29.3 Å². The van der Waals surface area contributed by atoms with Crippen LogP contribution in [-0.2, 0) is 14.1 Å². The van der Waals surface area contributed by atoms with Gasteiger partial charge in [0.25, 0.3) is 5.82 Å². The van der Waals surface area contributed by atoms with Crippen molar-refractivity contribution in [2.75, 3.05) is 0 Å². The van der Waals surface area contributed by atoms with E-state index in [1.54, 1.807) is 24.5 Å². The van der Waals surface area contributed by atoms with Gasteiger partial charge in [0.1, 0.15) is 0 Å². The second-order valence-electron chi connectivity index (χ2n) is 4.56. The number of aldehydes is 1. The van der Waals surface area contributed by atoms with Crippen LogP contribution in [0.4, 0.5) is 0 Å². The summed E-state index contributed by atoms with van der Waals surface area (Å²) in [7, 11) is 2.91. The van der Waals surface area contributed by atoms with E-state index in [4.69, 9.17) is 0 Å². The lowest BCUT2D eigenvalue weighted by molar-refractivity contribution is -0.603. The number of aromatic nitrogens is 5. The molecule has 8 nitrogen and oxygen atoms in total. The highest BCUT2D eigenvalue weighted by Crippen LogP contribution is 2.23. The number of hydrogen-bond donors (Lipinski definition) is 0. The molecule has 0 aliphatic carbocycles. The van der Waals surface area contributed by atoms with E-state index in [1.165, 1.54) is 23.2 Å². The van der Waals surface area contributed by atoms with Crippen molar-refractivity contribution in [3.8, 4) is 23.3 Å². The van der Waals surface area contributed by atoms with Crippen molar-refractivity contribution in [2.24, 2.45) is 14.1 Å². The van der Waals surface area contributed by atoms with Crippen LogP contribution in [0.2, 0.25) is 0 Å². The van der Waals surface area contributed by atoms with E-state index in [9.17, 15) is 14.7 Å². The Labute approximate surface area is 118 Å². The van der Waals surface area contributed by atoms with Gasteiger partial charge >= 0.3 is 11.6 Å². The second kappa shape index (κ2) is 4.51. The Morgan fingerprint density at radius 1 is 1.29 bits per heavy atom.